The van der Waals surface area contributed by atoms with Crippen molar-refractivity contribution in [1.82, 2.24) is 15.0 Å². The fourth-order valence-corrected chi connectivity index (χ4v) is 2.72. The van der Waals surface area contributed by atoms with Crippen LogP contribution in [0.2, 0.25) is 0 Å². The van der Waals surface area contributed by atoms with Gasteiger partial charge >= 0.3 is 5.97 Å². The quantitative estimate of drug-likeness (QED) is 0.432. The first kappa shape index (κ1) is 20.8. The van der Waals surface area contributed by atoms with E-state index in [4.69, 9.17) is 15.2 Å². The third-order valence-corrected chi connectivity index (χ3v) is 4.19. The molecule has 0 saturated carbocycles. The molecule has 3 N–H and O–H groups in total. The van der Waals surface area contributed by atoms with Crippen molar-refractivity contribution >= 4 is 29.6 Å². The number of ether oxygens (including phenoxy) is 2. The van der Waals surface area contributed by atoms with Gasteiger partial charge in [0.2, 0.25) is 11.9 Å². The van der Waals surface area contributed by atoms with E-state index in [1.165, 1.54) is 6.08 Å². The van der Waals surface area contributed by atoms with Gasteiger partial charge in [0, 0.05) is 11.8 Å². The monoisotopic (exact) mass is 405 g/mol. The van der Waals surface area contributed by atoms with Gasteiger partial charge in [0.25, 0.3) is 0 Å². The highest BCUT2D eigenvalue weighted by molar-refractivity contribution is 5.87. The van der Waals surface area contributed by atoms with Gasteiger partial charge in [-0.25, -0.2) is 4.79 Å². The number of esters is 1. The summed E-state index contributed by atoms with van der Waals surface area (Å²) in [5.41, 5.74) is 8.60. The number of benzene rings is 2. The maximum atomic E-state index is 12.0. The van der Waals surface area contributed by atoms with Crippen molar-refractivity contribution in [2.45, 2.75) is 20.0 Å². The van der Waals surface area contributed by atoms with Crippen molar-refractivity contribution in [1.29, 1.82) is 0 Å². The molecule has 0 aliphatic heterocycles. The molecule has 0 radical (unpaired) electrons. The van der Waals surface area contributed by atoms with Crippen LogP contribution >= 0.6 is 0 Å². The van der Waals surface area contributed by atoms with Crippen molar-refractivity contribution in [2.24, 2.45) is 0 Å². The number of carbonyl (C=O) groups is 1. The van der Waals surface area contributed by atoms with Gasteiger partial charge < -0.3 is 20.5 Å². The molecule has 0 spiro atoms. The number of nitrogens with zero attached hydrogens (tertiary/aromatic N) is 3. The zero-order chi connectivity index (χ0) is 21.3. The number of aryl methyl sites for hydroxylation is 1. The van der Waals surface area contributed by atoms with Crippen LogP contribution in [0.4, 0.5) is 17.6 Å². The van der Waals surface area contributed by atoms with Gasteiger partial charge in [0.05, 0.1) is 7.11 Å². The van der Waals surface area contributed by atoms with E-state index in [2.05, 4.69) is 27.2 Å². The third-order valence-electron chi connectivity index (χ3n) is 4.19. The maximum absolute atomic E-state index is 12.0. The standard InChI is InChI=1S/C22H23N5O3/c1-3-16-8-4-5-10-18(16)24-22-26-19(25-21(23)27-22)14-30-20(28)12-11-15-7-6-9-17(13-15)29-2/h4-13H,3,14H2,1-2H3,(H3,23,24,25,26,27)/b12-11+. The first-order valence-electron chi connectivity index (χ1n) is 9.41. The zero-order valence-corrected chi connectivity index (χ0v) is 16.8. The number of carbonyl (C=O) groups excluding carboxylic acids is 1. The maximum Gasteiger partial charge on any atom is 0.331 e. The Morgan fingerprint density at radius 3 is 2.77 bits per heavy atom. The second-order valence-corrected chi connectivity index (χ2v) is 6.29. The van der Waals surface area contributed by atoms with Gasteiger partial charge in [-0.1, -0.05) is 37.3 Å². The average Bonchev–Trinajstić information content (AvgIpc) is 2.76. The Morgan fingerprint density at radius 2 is 1.97 bits per heavy atom. The molecular weight excluding hydrogens is 382 g/mol. The Labute approximate surface area is 174 Å². The molecule has 0 fully saturated rings. The largest absolute Gasteiger partial charge is 0.497 e. The molecule has 1 aromatic heterocycles. The minimum atomic E-state index is -0.525. The molecule has 30 heavy (non-hydrogen) atoms. The van der Waals surface area contributed by atoms with E-state index in [0.717, 1.165) is 23.2 Å². The predicted octanol–water partition coefficient (Wildman–Crippen LogP) is 3.53. The van der Waals surface area contributed by atoms with E-state index >= 15 is 0 Å². The Morgan fingerprint density at radius 1 is 1.13 bits per heavy atom. The predicted molar refractivity (Wildman–Crippen MR) is 115 cm³/mol. The number of anilines is 3. The number of aromatic nitrogens is 3. The lowest BCUT2D eigenvalue weighted by atomic mass is 10.1. The summed E-state index contributed by atoms with van der Waals surface area (Å²) < 4.78 is 10.4. The van der Waals surface area contributed by atoms with Crippen LogP contribution in [0.5, 0.6) is 5.75 Å². The second kappa shape index (κ2) is 10.0. The minimum absolute atomic E-state index is 0.0412. The molecule has 0 aliphatic carbocycles. The number of methoxy groups -OCH3 is 1. The van der Waals surface area contributed by atoms with Crippen LogP contribution < -0.4 is 15.8 Å². The Balaban J connectivity index is 1.63. The Hall–Kier alpha value is -3.94. The van der Waals surface area contributed by atoms with E-state index < -0.39 is 5.97 Å². The summed E-state index contributed by atoms with van der Waals surface area (Å²) in [6.45, 7) is 1.93. The number of nitrogen functional groups attached to an aromatic ring is 1. The van der Waals surface area contributed by atoms with Gasteiger partial charge in [-0.3, -0.25) is 0 Å². The topological polar surface area (TPSA) is 112 Å². The Kier molecular flexibility index (Phi) is 6.94. The van der Waals surface area contributed by atoms with E-state index in [0.29, 0.717) is 11.7 Å². The van der Waals surface area contributed by atoms with Crippen molar-refractivity contribution in [3.8, 4) is 5.75 Å². The van der Waals surface area contributed by atoms with Gasteiger partial charge in [-0.2, -0.15) is 15.0 Å². The first-order chi connectivity index (χ1) is 14.6. The van der Waals surface area contributed by atoms with Gasteiger partial charge in [-0.05, 0) is 41.8 Å². The average molecular weight is 405 g/mol. The number of rotatable bonds is 8. The van der Waals surface area contributed by atoms with Gasteiger partial charge in [0.15, 0.2) is 12.4 Å². The third kappa shape index (κ3) is 5.78. The normalized spacial score (nSPS) is 10.7. The fourth-order valence-electron chi connectivity index (χ4n) is 2.72. The summed E-state index contributed by atoms with van der Waals surface area (Å²) in [5, 5.41) is 3.14. The summed E-state index contributed by atoms with van der Waals surface area (Å²) in [4.78, 5) is 24.4. The molecule has 2 aromatic carbocycles. The summed E-state index contributed by atoms with van der Waals surface area (Å²) in [6, 6.07) is 15.2. The van der Waals surface area contributed by atoms with Crippen molar-refractivity contribution in [2.75, 3.05) is 18.2 Å². The molecule has 154 valence electrons. The molecule has 0 saturated heterocycles. The molecule has 1 heterocycles. The van der Waals surface area contributed by atoms with E-state index in [9.17, 15) is 4.79 Å². The first-order valence-corrected chi connectivity index (χ1v) is 9.41. The Bertz CT molecular complexity index is 1050. The lowest BCUT2D eigenvalue weighted by Gasteiger charge is -2.10. The lowest BCUT2D eigenvalue weighted by Crippen LogP contribution is -2.10. The molecule has 0 amide bonds. The minimum Gasteiger partial charge on any atom is -0.497 e. The summed E-state index contributed by atoms with van der Waals surface area (Å²) in [6.07, 6.45) is 3.82. The smallest absolute Gasteiger partial charge is 0.331 e. The summed E-state index contributed by atoms with van der Waals surface area (Å²) in [7, 11) is 1.58. The molecule has 8 heteroatoms. The van der Waals surface area contributed by atoms with Crippen LogP contribution in [-0.4, -0.2) is 28.0 Å². The number of nitrogens with one attached hydrogen (secondary N) is 1. The van der Waals surface area contributed by atoms with E-state index in [1.807, 2.05) is 48.5 Å². The summed E-state index contributed by atoms with van der Waals surface area (Å²) in [5.74, 6) is 0.765. The van der Waals surface area contributed by atoms with Crippen molar-refractivity contribution < 1.29 is 14.3 Å². The number of nitrogens with two attached hydrogens (primary N) is 1. The second-order valence-electron chi connectivity index (χ2n) is 6.29. The molecule has 3 aromatic rings. The van der Waals surface area contributed by atoms with Crippen LogP contribution in [-0.2, 0) is 22.6 Å². The van der Waals surface area contributed by atoms with Gasteiger partial charge in [-0.15, -0.1) is 0 Å². The lowest BCUT2D eigenvalue weighted by molar-refractivity contribution is -0.139. The number of hydrogen-bond donors (Lipinski definition) is 2. The highest BCUT2D eigenvalue weighted by atomic mass is 16.5. The number of para-hydroxylation sites is 1. The highest BCUT2D eigenvalue weighted by Crippen LogP contribution is 2.19. The fraction of sp³-hybridized carbons (Fsp3) is 0.182. The van der Waals surface area contributed by atoms with E-state index in [1.54, 1.807) is 13.2 Å². The highest BCUT2D eigenvalue weighted by Gasteiger charge is 2.09. The van der Waals surface area contributed by atoms with Crippen LogP contribution in [0, 0.1) is 0 Å². The molecule has 0 aliphatic rings. The van der Waals surface area contributed by atoms with Crippen LogP contribution in [0.1, 0.15) is 23.9 Å². The van der Waals surface area contributed by atoms with Crippen molar-refractivity contribution in [3.05, 3.63) is 71.6 Å². The van der Waals surface area contributed by atoms with Crippen LogP contribution in [0.15, 0.2) is 54.6 Å². The van der Waals surface area contributed by atoms with E-state index in [-0.39, 0.29) is 18.4 Å². The molecule has 0 unspecified atom stereocenters. The molecule has 0 atom stereocenters. The SMILES string of the molecule is CCc1ccccc1Nc1nc(N)nc(COC(=O)/C=C/c2cccc(OC)c2)n1. The number of hydrogen-bond acceptors (Lipinski definition) is 8. The van der Waals surface area contributed by atoms with Crippen LogP contribution in [0.3, 0.4) is 0 Å². The molecular formula is C22H23N5O3. The van der Waals surface area contributed by atoms with Gasteiger partial charge in [0.1, 0.15) is 5.75 Å². The zero-order valence-electron chi connectivity index (χ0n) is 16.8. The summed E-state index contributed by atoms with van der Waals surface area (Å²) >= 11 is 0. The van der Waals surface area contributed by atoms with Crippen LogP contribution in [0.25, 0.3) is 6.08 Å². The molecule has 3 rings (SSSR count). The molecule has 0 bridgehead atoms. The van der Waals surface area contributed by atoms with Crippen molar-refractivity contribution in [3.63, 3.8) is 0 Å². The molecule has 8 nitrogen and oxygen atoms in total.